The standard InChI is InChI=1S/C10H21NO2/c1-4-6-10(2,3)9(13)11-7-5-8-12/h12H,4-8H2,1-3H3,(H,11,13). The molecule has 0 aromatic rings. The van der Waals surface area contributed by atoms with Gasteiger partial charge < -0.3 is 10.4 Å². The first kappa shape index (κ1) is 12.4. The van der Waals surface area contributed by atoms with Crippen LogP contribution in [-0.4, -0.2) is 24.2 Å². The molecule has 0 spiro atoms. The maximum atomic E-state index is 11.5. The molecule has 0 aliphatic carbocycles. The fraction of sp³-hybridized carbons (Fsp3) is 0.900. The number of nitrogens with one attached hydrogen (secondary N) is 1. The second kappa shape index (κ2) is 5.97. The maximum Gasteiger partial charge on any atom is 0.225 e. The van der Waals surface area contributed by atoms with Gasteiger partial charge in [-0.15, -0.1) is 0 Å². The van der Waals surface area contributed by atoms with Crippen molar-refractivity contribution >= 4 is 5.91 Å². The zero-order valence-corrected chi connectivity index (χ0v) is 8.89. The van der Waals surface area contributed by atoms with Crippen LogP contribution in [0.15, 0.2) is 0 Å². The van der Waals surface area contributed by atoms with Gasteiger partial charge in [-0.2, -0.15) is 0 Å². The molecule has 0 radical (unpaired) electrons. The predicted molar refractivity (Wildman–Crippen MR) is 53.4 cm³/mol. The zero-order valence-electron chi connectivity index (χ0n) is 8.89. The van der Waals surface area contributed by atoms with E-state index in [2.05, 4.69) is 12.2 Å². The van der Waals surface area contributed by atoms with E-state index in [9.17, 15) is 4.79 Å². The molecule has 3 heteroatoms. The molecule has 0 saturated carbocycles. The van der Waals surface area contributed by atoms with Gasteiger partial charge in [0.05, 0.1) is 0 Å². The second-order valence-corrected chi connectivity index (χ2v) is 3.97. The van der Waals surface area contributed by atoms with Gasteiger partial charge in [-0.05, 0) is 12.8 Å². The van der Waals surface area contributed by atoms with Crippen LogP contribution >= 0.6 is 0 Å². The van der Waals surface area contributed by atoms with Crippen LogP contribution < -0.4 is 5.32 Å². The van der Waals surface area contributed by atoms with Crippen molar-refractivity contribution < 1.29 is 9.90 Å². The van der Waals surface area contributed by atoms with Crippen LogP contribution in [0.3, 0.4) is 0 Å². The Bertz CT molecular complexity index is 155. The smallest absolute Gasteiger partial charge is 0.225 e. The molecule has 3 nitrogen and oxygen atoms in total. The summed E-state index contributed by atoms with van der Waals surface area (Å²) in [5.41, 5.74) is -0.274. The molecule has 0 aromatic carbocycles. The Morgan fingerprint density at radius 3 is 2.54 bits per heavy atom. The van der Waals surface area contributed by atoms with Gasteiger partial charge in [0.1, 0.15) is 0 Å². The number of amides is 1. The Kier molecular flexibility index (Phi) is 5.71. The van der Waals surface area contributed by atoms with E-state index in [1.54, 1.807) is 0 Å². The van der Waals surface area contributed by atoms with Gasteiger partial charge in [0.25, 0.3) is 0 Å². The van der Waals surface area contributed by atoms with Crippen LogP contribution in [0.4, 0.5) is 0 Å². The van der Waals surface area contributed by atoms with Crippen LogP contribution in [-0.2, 0) is 4.79 Å². The highest BCUT2D eigenvalue weighted by atomic mass is 16.3. The van der Waals surface area contributed by atoms with Crippen molar-refractivity contribution in [2.24, 2.45) is 5.41 Å². The molecule has 78 valence electrons. The minimum absolute atomic E-state index is 0.0859. The van der Waals surface area contributed by atoms with Crippen LogP contribution in [0.5, 0.6) is 0 Å². The Hall–Kier alpha value is -0.570. The molecule has 0 saturated heterocycles. The lowest BCUT2D eigenvalue weighted by atomic mass is 9.87. The molecule has 0 rings (SSSR count). The number of hydrogen-bond acceptors (Lipinski definition) is 2. The molecule has 0 unspecified atom stereocenters. The number of aliphatic hydroxyl groups excluding tert-OH is 1. The SMILES string of the molecule is CCCC(C)(C)C(=O)NCCCO. The van der Waals surface area contributed by atoms with Crippen molar-refractivity contribution in [2.45, 2.75) is 40.0 Å². The number of carbonyl (C=O) groups excluding carboxylic acids is 1. The third-order valence-electron chi connectivity index (χ3n) is 2.11. The second-order valence-electron chi connectivity index (χ2n) is 3.97. The normalized spacial score (nSPS) is 11.4. The van der Waals surface area contributed by atoms with Gasteiger partial charge >= 0.3 is 0 Å². The largest absolute Gasteiger partial charge is 0.396 e. The average molecular weight is 187 g/mol. The van der Waals surface area contributed by atoms with Crippen LogP contribution in [0.1, 0.15) is 40.0 Å². The molecule has 0 aliphatic heterocycles. The van der Waals surface area contributed by atoms with Gasteiger partial charge in [-0.3, -0.25) is 4.79 Å². The highest BCUT2D eigenvalue weighted by Gasteiger charge is 2.25. The van der Waals surface area contributed by atoms with Crippen molar-refractivity contribution in [2.75, 3.05) is 13.2 Å². The molecule has 0 bridgehead atoms. The summed E-state index contributed by atoms with van der Waals surface area (Å²) in [6.07, 6.45) is 2.55. The first-order chi connectivity index (χ1) is 6.04. The van der Waals surface area contributed by atoms with Crippen molar-refractivity contribution in [3.63, 3.8) is 0 Å². The molecular formula is C10H21NO2. The maximum absolute atomic E-state index is 11.5. The van der Waals surface area contributed by atoms with Crippen molar-refractivity contribution in [3.05, 3.63) is 0 Å². The minimum atomic E-state index is -0.274. The lowest BCUT2D eigenvalue weighted by molar-refractivity contribution is -0.129. The van der Waals surface area contributed by atoms with Crippen LogP contribution in [0.2, 0.25) is 0 Å². The Balaban J connectivity index is 3.80. The molecule has 0 heterocycles. The Labute approximate surface area is 80.5 Å². The van der Waals surface area contributed by atoms with Gasteiger partial charge in [0, 0.05) is 18.6 Å². The van der Waals surface area contributed by atoms with E-state index in [0.717, 1.165) is 12.8 Å². The summed E-state index contributed by atoms with van der Waals surface area (Å²) in [5, 5.41) is 11.3. The number of rotatable bonds is 6. The van der Waals surface area contributed by atoms with E-state index < -0.39 is 0 Å². The summed E-state index contributed by atoms with van der Waals surface area (Å²) in [5.74, 6) is 0.0859. The first-order valence-corrected chi connectivity index (χ1v) is 4.93. The van der Waals surface area contributed by atoms with Crippen molar-refractivity contribution in [3.8, 4) is 0 Å². The van der Waals surface area contributed by atoms with E-state index in [1.807, 2.05) is 13.8 Å². The Morgan fingerprint density at radius 1 is 1.46 bits per heavy atom. The number of carbonyl (C=O) groups is 1. The molecule has 0 fully saturated rings. The summed E-state index contributed by atoms with van der Waals surface area (Å²) in [6, 6.07) is 0. The van der Waals surface area contributed by atoms with E-state index in [0.29, 0.717) is 13.0 Å². The third-order valence-corrected chi connectivity index (χ3v) is 2.11. The fourth-order valence-electron chi connectivity index (χ4n) is 1.26. The van der Waals surface area contributed by atoms with E-state index in [-0.39, 0.29) is 17.9 Å². The monoisotopic (exact) mass is 187 g/mol. The van der Waals surface area contributed by atoms with E-state index in [4.69, 9.17) is 5.11 Å². The minimum Gasteiger partial charge on any atom is -0.396 e. The van der Waals surface area contributed by atoms with Gasteiger partial charge in [-0.25, -0.2) is 0 Å². The summed E-state index contributed by atoms with van der Waals surface area (Å²) in [6.45, 7) is 6.68. The van der Waals surface area contributed by atoms with Crippen molar-refractivity contribution in [1.29, 1.82) is 0 Å². The lowest BCUT2D eigenvalue weighted by Gasteiger charge is -2.22. The first-order valence-electron chi connectivity index (χ1n) is 4.93. The fourth-order valence-corrected chi connectivity index (χ4v) is 1.26. The van der Waals surface area contributed by atoms with E-state index >= 15 is 0 Å². The summed E-state index contributed by atoms with van der Waals surface area (Å²) >= 11 is 0. The molecule has 0 aromatic heterocycles. The van der Waals surface area contributed by atoms with Gasteiger partial charge in [0.2, 0.25) is 5.91 Å². The molecule has 13 heavy (non-hydrogen) atoms. The zero-order chi connectivity index (χ0) is 10.3. The number of aliphatic hydroxyl groups is 1. The van der Waals surface area contributed by atoms with Crippen LogP contribution in [0, 0.1) is 5.41 Å². The molecule has 1 amide bonds. The predicted octanol–water partition coefficient (Wildman–Crippen LogP) is 1.31. The number of hydrogen-bond donors (Lipinski definition) is 2. The highest BCUT2D eigenvalue weighted by molar-refractivity contribution is 5.81. The summed E-state index contributed by atoms with van der Waals surface area (Å²) in [7, 11) is 0. The molecule has 2 N–H and O–H groups in total. The van der Waals surface area contributed by atoms with Gasteiger partial charge in [0.15, 0.2) is 0 Å². The molecular weight excluding hydrogens is 166 g/mol. The van der Waals surface area contributed by atoms with E-state index in [1.165, 1.54) is 0 Å². The lowest BCUT2D eigenvalue weighted by Crippen LogP contribution is -2.37. The Morgan fingerprint density at radius 2 is 2.08 bits per heavy atom. The third kappa shape index (κ3) is 4.88. The average Bonchev–Trinajstić information content (AvgIpc) is 2.04. The molecule has 0 atom stereocenters. The molecule has 0 aliphatic rings. The summed E-state index contributed by atoms with van der Waals surface area (Å²) in [4.78, 5) is 11.5. The summed E-state index contributed by atoms with van der Waals surface area (Å²) < 4.78 is 0. The van der Waals surface area contributed by atoms with Crippen LogP contribution in [0.25, 0.3) is 0 Å². The topological polar surface area (TPSA) is 49.3 Å². The highest BCUT2D eigenvalue weighted by Crippen LogP contribution is 2.21. The quantitative estimate of drug-likeness (QED) is 0.616. The van der Waals surface area contributed by atoms with Crippen molar-refractivity contribution in [1.82, 2.24) is 5.32 Å². The van der Waals surface area contributed by atoms with Gasteiger partial charge in [-0.1, -0.05) is 27.2 Å².